The fourth-order valence-electron chi connectivity index (χ4n) is 4.53. The molecule has 2 rings (SSSR count). The number of aliphatic carboxylic acids is 1. The van der Waals surface area contributed by atoms with E-state index in [4.69, 9.17) is 14.3 Å². The molecule has 9 nitrogen and oxygen atoms in total. The summed E-state index contributed by atoms with van der Waals surface area (Å²) in [6, 6.07) is 15.9. The van der Waals surface area contributed by atoms with Gasteiger partial charge in [0.25, 0.3) is 0 Å². The summed E-state index contributed by atoms with van der Waals surface area (Å²) >= 11 is 0. The third-order valence-corrected chi connectivity index (χ3v) is 13.9. The largest absolute Gasteiger partial charge is 0.481 e. The standard InChI is InChI=1S/C33H51NO8SSi/c1-32(2,3)41-31(38)34-28(21-24-12-10-9-11-13-24)29(42-44(7,8)33(4,5)6)22-27(30(36)37)20-25-14-16-26(17-15-25)23-43(39,40)19-18-35/h9-17,27-29,35H,18-23H2,1-8H3,(H,34,38)(H,36,37)/t27-,28+,29+/m1/s1. The van der Waals surface area contributed by atoms with Gasteiger partial charge in [-0.05, 0) is 74.9 Å². The maximum Gasteiger partial charge on any atom is 0.407 e. The SMILES string of the molecule is CC(C)(C)OC(=O)N[C@@H](Cc1ccccc1)[C@H](C[C@@H](Cc1ccc(CS(=O)(=O)CCO)cc1)C(=O)O)O[Si](C)(C)C(C)(C)C. The Kier molecular flexibility index (Phi) is 13.2. The molecule has 3 N–H and O–H groups in total. The molecule has 2 aromatic rings. The predicted octanol–water partition coefficient (Wildman–Crippen LogP) is 5.75. The van der Waals surface area contributed by atoms with Crippen molar-refractivity contribution in [3.8, 4) is 0 Å². The fraction of sp³-hybridized carbons (Fsp3) is 0.576. The first-order valence-corrected chi connectivity index (χ1v) is 19.8. The number of hydrogen-bond acceptors (Lipinski definition) is 7. The molecule has 0 radical (unpaired) electrons. The second-order valence-corrected chi connectivity index (χ2v) is 20.9. The summed E-state index contributed by atoms with van der Waals surface area (Å²) in [5.74, 6) is -2.34. The van der Waals surface area contributed by atoms with E-state index >= 15 is 0 Å². The number of alkyl carbamates (subject to hydrolysis) is 1. The van der Waals surface area contributed by atoms with Crippen LogP contribution in [0, 0.1) is 5.92 Å². The summed E-state index contributed by atoms with van der Waals surface area (Å²) in [5.41, 5.74) is 1.56. The molecule has 1 amide bonds. The third kappa shape index (κ3) is 12.7. The first-order valence-electron chi connectivity index (χ1n) is 15.0. The van der Waals surface area contributed by atoms with Crippen molar-refractivity contribution in [3.05, 3.63) is 71.3 Å². The van der Waals surface area contributed by atoms with Gasteiger partial charge >= 0.3 is 12.1 Å². The summed E-state index contributed by atoms with van der Waals surface area (Å²) < 4.78 is 36.7. The maximum atomic E-state index is 13.1. The van der Waals surface area contributed by atoms with Crippen LogP contribution in [0.1, 0.15) is 64.7 Å². The topological polar surface area (TPSA) is 139 Å². The van der Waals surface area contributed by atoms with Gasteiger partial charge in [0.15, 0.2) is 18.2 Å². The molecule has 0 saturated heterocycles. The second-order valence-electron chi connectivity index (χ2n) is 14.0. The molecule has 44 heavy (non-hydrogen) atoms. The van der Waals surface area contributed by atoms with Crippen molar-refractivity contribution in [2.24, 2.45) is 5.92 Å². The monoisotopic (exact) mass is 649 g/mol. The molecular weight excluding hydrogens is 599 g/mol. The fourth-order valence-corrected chi connectivity index (χ4v) is 7.02. The smallest absolute Gasteiger partial charge is 0.407 e. The van der Waals surface area contributed by atoms with Crippen molar-refractivity contribution in [3.63, 3.8) is 0 Å². The number of carboxylic acid groups (broad SMARTS) is 1. The Hall–Kier alpha value is -2.73. The molecule has 0 aliphatic rings. The molecule has 2 aromatic carbocycles. The predicted molar refractivity (Wildman–Crippen MR) is 176 cm³/mol. The van der Waals surface area contributed by atoms with Gasteiger partial charge in [0.05, 0.1) is 36.2 Å². The Morgan fingerprint density at radius 1 is 0.886 bits per heavy atom. The van der Waals surface area contributed by atoms with E-state index in [9.17, 15) is 23.1 Å². The van der Waals surface area contributed by atoms with Crippen molar-refractivity contribution in [1.82, 2.24) is 5.32 Å². The zero-order valence-electron chi connectivity index (χ0n) is 27.4. The number of aliphatic hydroxyl groups is 1. The van der Waals surface area contributed by atoms with Gasteiger partial charge in [-0.1, -0.05) is 75.4 Å². The Morgan fingerprint density at radius 3 is 1.93 bits per heavy atom. The van der Waals surface area contributed by atoms with Crippen LogP contribution >= 0.6 is 0 Å². The van der Waals surface area contributed by atoms with E-state index in [0.717, 1.165) is 11.1 Å². The second kappa shape index (κ2) is 15.5. The van der Waals surface area contributed by atoms with Crippen molar-refractivity contribution in [2.75, 3.05) is 12.4 Å². The van der Waals surface area contributed by atoms with Gasteiger partial charge in [-0.3, -0.25) is 4.79 Å². The van der Waals surface area contributed by atoms with Crippen LogP contribution in [0.4, 0.5) is 4.79 Å². The molecule has 3 atom stereocenters. The number of aliphatic hydroxyl groups excluding tert-OH is 1. The first kappa shape index (κ1) is 37.5. The Morgan fingerprint density at radius 2 is 1.43 bits per heavy atom. The van der Waals surface area contributed by atoms with Gasteiger partial charge in [-0.2, -0.15) is 0 Å². The lowest BCUT2D eigenvalue weighted by Crippen LogP contribution is -2.54. The minimum atomic E-state index is -3.44. The van der Waals surface area contributed by atoms with Crippen LogP contribution in [0.2, 0.25) is 18.1 Å². The zero-order valence-corrected chi connectivity index (χ0v) is 29.2. The van der Waals surface area contributed by atoms with Crippen LogP contribution in [0.5, 0.6) is 0 Å². The molecule has 0 aliphatic heterocycles. The highest BCUT2D eigenvalue weighted by molar-refractivity contribution is 7.90. The number of amides is 1. The molecule has 0 heterocycles. The number of ether oxygens (including phenoxy) is 1. The number of carbonyl (C=O) groups excluding carboxylic acids is 1. The van der Waals surface area contributed by atoms with Crippen LogP contribution in [0.15, 0.2) is 54.6 Å². The van der Waals surface area contributed by atoms with Gasteiger partial charge < -0.3 is 24.7 Å². The van der Waals surface area contributed by atoms with Crippen LogP contribution in [-0.4, -0.2) is 69.1 Å². The van der Waals surface area contributed by atoms with Crippen molar-refractivity contribution in [1.29, 1.82) is 0 Å². The quantitative estimate of drug-likeness (QED) is 0.207. The molecule has 0 saturated carbocycles. The van der Waals surface area contributed by atoms with E-state index in [1.807, 2.05) is 30.3 Å². The zero-order chi connectivity index (χ0) is 33.3. The average molecular weight is 650 g/mol. The molecule has 0 fully saturated rings. The van der Waals surface area contributed by atoms with Crippen molar-refractivity contribution < 1.29 is 37.4 Å². The first-order chi connectivity index (χ1) is 20.2. The number of hydrogen-bond donors (Lipinski definition) is 3. The third-order valence-electron chi connectivity index (χ3n) is 7.86. The number of sulfone groups is 1. The molecular formula is C33H51NO8SSi. The summed E-state index contributed by atoms with van der Waals surface area (Å²) in [6.07, 6.45) is -0.473. The van der Waals surface area contributed by atoms with E-state index < -0.39 is 60.5 Å². The molecule has 0 spiro atoms. The van der Waals surface area contributed by atoms with E-state index in [1.54, 1.807) is 45.0 Å². The molecule has 11 heteroatoms. The summed E-state index contributed by atoms with van der Waals surface area (Å²) in [4.78, 5) is 25.7. The highest BCUT2D eigenvalue weighted by Gasteiger charge is 2.42. The van der Waals surface area contributed by atoms with Crippen LogP contribution in [0.3, 0.4) is 0 Å². The molecule has 0 aliphatic carbocycles. The molecule has 246 valence electrons. The lowest BCUT2D eigenvalue weighted by molar-refractivity contribution is -0.142. The van der Waals surface area contributed by atoms with Gasteiger partial charge in [0, 0.05) is 0 Å². The van der Waals surface area contributed by atoms with Crippen LogP contribution in [0.25, 0.3) is 0 Å². The minimum absolute atomic E-state index is 0.141. The van der Waals surface area contributed by atoms with E-state index in [2.05, 4.69) is 39.2 Å². The average Bonchev–Trinajstić information content (AvgIpc) is 2.87. The summed E-state index contributed by atoms with van der Waals surface area (Å²) in [6.45, 7) is 15.5. The lowest BCUT2D eigenvalue weighted by Gasteiger charge is -2.42. The highest BCUT2D eigenvalue weighted by atomic mass is 32.2. The number of rotatable bonds is 15. The van der Waals surface area contributed by atoms with Crippen LogP contribution in [-0.2, 0) is 42.4 Å². The molecule has 0 aromatic heterocycles. The van der Waals surface area contributed by atoms with Crippen LogP contribution < -0.4 is 5.32 Å². The Balaban J connectivity index is 2.44. The van der Waals surface area contributed by atoms with Crippen molar-refractivity contribution in [2.45, 2.75) is 102 Å². The van der Waals surface area contributed by atoms with E-state index in [0.29, 0.717) is 12.0 Å². The summed E-state index contributed by atoms with van der Waals surface area (Å²) in [7, 11) is -5.87. The normalized spacial score (nSPS) is 14.8. The van der Waals surface area contributed by atoms with E-state index in [-0.39, 0.29) is 29.4 Å². The van der Waals surface area contributed by atoms with E-state index in [1.165, 1.54) is 0 Å². The van der Waals surface area contributed by atoms with Gasteiger partial charge in [0.2, 0.25) is 0 Å². The Bertz CT molecular complexity index is 1320. The van der Waals surface area contributed by atoms with Gasteiger partial charge in [-0.25, -0.2) is 13.2 Å². The number of carboxylic acids is 1. The molecule has 0 unspecified atom stereocenters. The highest BCUT2D eigenvalue weighted by Crippen LogP contribution is 2.39. The van der Waals surface area contributed by atoms with Gasteiger partial charge in [0.1, 0.15) is 5.60 Å². The number of nitrogens with one attached hydrogen (secondary N) is 1. The minimum Gasteiger partial charge on any atom is -0.481 e. The summed E-state index contributed by atoms with van der Waals surface area (Å²) in [5, 5.41) is 22.2. The number of benzene rings is 2. The number of carbonyl (C=O) groups is 2. The molecule has 0 bridgehead atoms. The maximum absolute atomic E-state index is 13.1. The van der Waals surface area contributed by atoms with Crippen molar-refractivity contribution >= 4 is 30.2 Å². The lowest BCUT2D eigenvalue weighted by atomic mass is 9.89. The Labute approximate surface area is 264 Å². The van der Waals surface area contributed by atoms with Gasteiger partial charge in [-0.15, -0.1) is 0 Å².